The second-order valence-corrected chi connectivity index (χ2v) is 13.1. The number of ether oxygens (including phenoxy) is 2. The third-order valence-corrected chi connectivity index (χ3v) is 8.04. The molecular formula is C28H33Cl2N3O6S. The number of halogens is 2. The van der Waals surface area contributed by atoms with Crippen molar-refractivity contribution in [2.24, 2.45) is 0 Å². The summed E-state index contributed by atoms with van der Waals surface area (Å²) in [5, 5.41) is 5.95. The van der Waals surface area contributed by atoms with Gasteiger partial charge in [-0.25, -0.2) is 9.59 Å². The van der Waals surface area contributed by atoms with Crippen LogP contribution in [-0.2, 0) is 25.5 Å². The number of thioether (sulfide) groups is 1. The maximum absolute atomic E-state index is 13.3. The van der Waals surface area contributed by atoms with Gasteiger partial charge >= 0.3 is 12.1 Å². The molecule has 3 amide bonds. The van der Waals surface area contributed by atoms with Crippen molar-refractivity contribution in [1.82, 2.24) is 10.2 Å². The van der Waals surface area contributed by atoms with Gasteiger partial charge in [0.2, 0.25) is 5.91 Å². The van der Waals surface area contributed by atoms with Crippen LogP contribution in [-0.4, -0.2) is 64.2 Å². The van der Waals surface area contributed by atoms with Gasteiger partial charge in [-0.3, -0.25) is 14.5 Å². The number of hydrogen-bond acceptors (Lipinski definition) is 7. The summed E-state index contributed by atoms with van der Waals surface area (Å²) in [5.41, 5.74) is 0.620. The van der Waals surface area contributed by atoms with Crippen LogP contribution < -0.4 is 10.6 Å². The normalized spacial score (nSPS) is 17.1. The van der Waals surface area contributed by atoms with E-state index in [1.807, 2.05) is 13.8 Å². The van der Waals surface area contributed by atoms with Crippen molar-refractivity contribution in [3.8, 4) is 0 Å². The summed E-state index contributed by atoms with van der Waals surface area (Å²) in [6.07, 6.45) is -0.480. The van der Waals surface area contributed by atoms with E-state index < -0.39 is 46.4 Å². The SMILES string of the molecule is COC(=O)[C@H](Cc1ccc(NC(=O)c2c(Cl)cccc2Cl)cc1)NC(=O)[C@@H]1CSC(C)(C)N1C(=O)OC(C)(C)C. The molecule has 0 saturated carbocycles. The van der Waals surface area contributed by atoms with Crippen LogP contribution >= 0.6 is 35.0 Å². The number of methoxy groups -OCH3 is 1. The largest absolute Gasteiger partial charge is 0.467 e. The Bertz CT molecular complexity index is 1260. The zero-order valence-corrected chi connectivity index (χ0v) is 25.5. The number of hydrogen-bond donors (Lipinski definition) is 2. The van der Waals surface area contributed by atoms with Crippen molar-refractivity contribution in [3.05, 3.63) is 63.6 Å². The number of esters is 1. The molecule has 1 fully saturated rings. The molecule has 0 spiro atoms. The van der Waals surface area contributed by atoms with Gasteiger partial charge in [-0.1, -0.05) is 41.4 Å². The minimum atomic E-state index is -1.01. The number of carbonyl (C=O) groups is 4. The molecule has 12 heteroatoms. The molecule has 3 rings (SSSR count). The average Bonchev–Trinajstić information content (AvgIpc) is 3.18. The van der Waals surface area contributed by atoms with Gasteiger partial charge in [0.25, 0.3) is 5.91 Å². The molecule has 9 nitrogen and oxygen atoms in total. The monoisotopic (exact) mass is 609 g/mol. The van der Waals surface area contributed by atoms with E-state index in [-0.39, 0.29) is 22.0 Å². The Morgan fingerprint density at radius 1 is 1.07 bits per heavy atom. The molecule has 1 aliphatic rings. The highest BCUT2D eigenvalue weighted by Crippen LogP contribution is 2.40. The van der Waals surface area contributed by atoms with Gasteiger partial charge in [0.1, 0.15) is 17.7 Å². The van der Waals surface area contributed by atoms with E-state index >= 15 is 0 Å². The lowest BCUT2D eigenvalue weighted by Gasteiger charge is -2.35. The Balaban J connectivity index is 1.71. The lowest BCUT2D eigenvalue weighted by molar-refractivity contribution is -0.145. The Morgan fingerprint density at radius 2 is 1.68 bits per heavy atom. The van der Waals surface area contributed by atoms with E-state index in [4.69, 9.17) is 32.7 Å². The molecule has 216 valence electrons. The topological polar surface area (TPSA) is 114 Å². The summed E-state index contributed by atoms with van der Waals surface area (Å²) >= 11 is 13.7. The van der Waals surface area contributed by atoms with Gasteiger partial charge in [-0.15, -0.1) is 11.8 Å². The second kappa shape index (κ2) is 12.7. The van der Waals surface area contributed by atoms with E-state index in [0.717, 1.165) is 0 Å². The second-order valence-electron chi connectivity index (χ2n) is 10.7. The van der Waals surface area contributed by atoms with Crippen molar-refractivity contribution in [2.75, 3.05) is 18.2 Å². The number of anilines is 1. The fourth-order valence-electron chi connectivity index (χ4n) is 4.13. The summed E-state index contributed by atoms with van der Waals surface area (Å²) in [6.45, 7) is 8.95. The van der Waals surface area contributed by atoms with Crippen LogP contribution in [0.1, 0.15) is 50.5 Å². The molecule has 1 aliphatic heterocycles. The number of nitrogens with one attached hydrogen (secondary N) is 2. The minimum Gasteiger partial charge on any atom is -0.467 e. The molecule has 0 aliphatic carbocycles. The van der Waals surface area contributed by atoms with Crippen molar-refractivity contribution in [2.45, 2.75) is 63.6 Å². The molecule has 1 saturated heterocycles. The highest BCUT2D eigenvalue weighted by molar-refractivity contribution is 8.00. The molecule has 2 aromatic carbocycles. The van der Waals surface area contributed by atoms with E-state index in [0.29, 0.717) is 17.0 Å². The zero-order valence-electron chi connectivity index (χ0n) is 23.2. The summed E-state index contributed by atoms with van der Waals surface area (Å²) in [7, 11) is 1.24. The molecule has 0 radical (unpaired) electrons. The Kier molecular flexibility index (Phi) is 10.0. The fraction of sp³-hybridized carbons (Fsp3) is 0.429. The van der Waals surface area contributed by atoms with E-state index in [1.54, 1.807) is 63.2 Å². The Labute approximate surface area is 248 Å². The maximum atomic E-state index is 13.3. The number of carbonyl (C=O) groups excluding carboxylic acids is 4. The van der Waals surface area contributed by atoms with E-state index in [1.165, 1.54) is 23.8 Å². The third-order valence-electron chi connectivity index (χ3n) is 6.02. The van der Waals surface area contributed by atoms with Crippen LogP contribution in [0.2, 0.25) is 10.0 Å². The van der Waals surface area contributed by atoms with Gasteiger partial charge in [0.05, 0.1) is 27.6 Å². The van der Waals surface area contributed by atoms with Gasteiger partial charge in [0.15, 0.2) is 0 Å². The predicted molar refractivity (Wildman–Crippen MR) is 157 cm³/mol. The van der Waals surface area contributed by atoms with Crippen LogP contribution in [0.3, 0.4) is 0 Å². The fourth-order valence-corrected chi connectivity index (χ4v) is 5.90. The number of benzene rings is 2. The van der Waals surface area contributed by atoms with Crippen LogP contribution in [0.4, 0.5) is 10.5 Å². The average molecular weight is 611 g/mol. The van der Waals surface area contributed by atoms with Crippen molar-refractivity contribution >= 4 is 64.5 Å². The first-order valence-electron chi connectivity index (χ1n) is 12.5. The van der Waals surface area contributed by atoms with Crippen LogP contribution in [0.5, 0.6) is 0 Å². The number of nitrogens with zero attached hydrogens (tertiary/aromatic N) is 1. The first kappa shape index (κ1) is 31.6. The van der Waals surface area contributed by atoms with Gasteiger partial charge < -0.3 is 20.1 Å². The molecule has 0 aromatic heterocycles. The highest BCUT2D eigenvalue weighted by Gasteiger charge is 2.48. The minimum absolute atomic E-state index is 0.124. The zero-order chi connectivity index (χ0) is 29.8. The Morgan fingerprint density at radius 3 is 2.23 bits per heavy atom. The van der Waals surface area contributed by atoms with Crippen molar-refractivity contribution in [3.63, 3.8) is 0 Å². The molecule has 2 aromatic rings. The van der Waals surface area contributed by atoms with Crippen LogP contribution in [0, 0.1) is 0 Å². The van der Waals surface area contributed by atoms with Gasteiger partial charge in [-0.05, 0) is 64.4 Å². The lowest BCUT2D eigenvalue weighted by Crippen LogP contribution is -2.56. The Hall–Kier alpha value is -2.95. The molecular weight excluding hydrogens is 577 g/mol. The molecule has 1 heterocycles. The third kappa shape index (κ3) is 7.83. The smallest absolute Gasteiger partial charge is 0.412 e. The van der Waals surface area contributed by atoms with Crippen LogP contribution in [0.25, 0.3) is 0 Å². The number of amides is 3. The first-order chi connectivity index (χ1) is 18.6. The van der Waals surface area contributed by atoms with Crippen LogP contribution in [0.15, 0.2) is 42.5 Å². The predicted octanol–water partition coefficient (Wildman–Crippen LogP) is 5.53. The van der Waals surface area contributed by atoms with E-state index in [9.17, 15) is 19.2 Å². The molecule has 0 unspecified atom stereocenters. The maximum Gasteiger partial charge on any atom is 0.412 e. The van der Waals surface area contributed by atoms with Gasteiger partial charge in [0, 0.05) is 17.9 Å². The highest BCUT2D eigenvalue weighted by atomic mass is 35.5. The van der Waals surface area contributed by atoms with Crippen molar-refractivity contribution < 1.29 is 28.7 Å². The lowest BCUT2D eigenvalue weighted by atomic mass is 10.0. The molecule has 40 heavy (non-hydrogen) atoms. The van der Waals surface area contributed by atoms with Gasteiger partial charge in [-0.2, -0.15) is 0 Å². The molecule has 2 atom stereocenters. The summed E-state index contributed by atoms with van der Waals surface area (Å²) in [6, 6.07) is 9.71. The number of rotatable bonds is 7. The van der Waals surface area contributed by atoms with Crippen molar-refractivity contribution in [1.29, 1.82) is 0 Å². The summed E-state index contributed by atoms with van der Waals surface area (Å²) in [4.78, 5) is 52.3. The summed E-state index contributed by atoms with van der Waals surface area (Å²) < 4.78 is 10.5. The van der Waals surface area contributed by atoms with E-state index in [2.05, 4.69) is 10.6 Å². The molecule has 0 bridgehead atoms. The standard InChI is InChI=1S/C28H33Cl2N3O6S/c1-27(2,3)39-26(37)33-21(15-40-28(33,4)5)23(34)32-20(25(36)38-6)14-16-10-12-17(13-11-16)31-24(35)22-18(29)8-7-9-19(22)30/h7-13,20-21H,14-15H2,1-6H3,(H,31,35)(H,32,34)/t20-,21-/m0/s1. The summed E-state index contributed by atoms with van der Waals surface area (Å²) in [5.74, 6) is -1.24. The quantitative estimate of drug-likeness (QED) is 0.396. The first-order valence-corrected chi connectivity index (χ1v) is 14.3. The molecule has 2 N–H and O–H groups in total.